The lowest BCUT2D eigenvalue weighted by molar-refractivity contribution is -0.144. The van der Waals surface area contributed by atoms with E-state index in [0.29, 0.717) is 6.42 Å². The van der Waals surface area contributed by atoms with Crippen LogP contribution >= 0.6 is 0 Å². The van der Waals surface area contributed by atoms with E-state index in [1.807, 2.05) is 6.92 Å². The SMILES string of the molecule is CCC(O)COCCOC(=O)CC(=O)c1cc2c(o1)C(=O)c1ccccc1C2=O. The van der Waals surface area contributed by atoms with Gasteiger partial charge in [0.2, 0.25) is 11.6 Å². The first kappa shape index (κ1) is 20.6. The highest BCUT2D eigenvalue weighted by Crippen LogP contribution is 2.30. The summed E-state index contributed by atoms with van der Waals surface area (Å²) < 4.78 is 15.3. The van der Waals surface area contributed by atoms with Gasteiger partial charge in [-0.05, 0) is 12.5 Å². The molecule has 0 saturated heterocycles. The Bertz CT molecular complexity index is 903. The van der Waals surface area contributed by atoms with E-state index < -0.39 is 35.8 Å². The monoisotopic (exact) mass is 400 g/mol. The van der Waals surface area contributed by atoms with E-state index in [2.05, 4.69) is 0 Å². The second-order valence-electron chi connectivity index (χ2n) is 6.51. The third-order valence-electron chi connectivity index (χ3n) is 4.45. The number of carbonyl (C=O) groups is 4. The van der Waals surface area contributed by atoms with Crippen molar-refractivity contribution in [1.29, 1.82) is 0 Å². The molecular weight excluding hydrogens is 380 g/mol. The zero-order valence-electron chi connectivity index (χ0n) is 15.8. The van der Waals surface area contributed by atoms with Crippen molar-refractivity contribution in [3.8, 4) is 0 Å². The van der Waals surface area contributed by atoms with Crippen LogP contribution < -0.4 is 0 Å². The van der Waals surface area contributed by atoms with Crippen molar-refractivity contribution in [2.75, 3.05) is 19.8 Å². The summed E-state index contributed by atoms with van der Waals surface area (Å²) >= 11 is 0. The molecule has 29 heavy (non-hydrogen) atoms. The molecule has 2 aromatic rings. The molecule has 1 heterocycles. The predicted octanol–water partition coefficient (Wildman–Crippen LogP) is 1.96. The van der Waals surface area contributed by atoms with Crippen molar-refractivity contribution >= 4 is 23.3 Å². The van der Waals surface area contributed by atoms with Crippen molar-refractivity contribution in [1.82, 2.24) is 0 Å². The number of aliphatic hydroxyl groups is 1. The van der Waals surface area contributed by atoms with Crippen LogP contribution in [0.25, 0.3) is 0 Å². The largest absolute Gasteiger partial charge is 0.463 e. The zero-order valence-corrected chi connectivity index (χ0v) is 15.8. The van der Waals surface area contributed by atoms with Gasteiger partial charge in [0.25, 0.3) is 0 Å². The first-order valence-electron chi connectivity index (χ1n) is 9.19. The number of furan rings is 1. The minimum atomic E-state index is -0.787. The third kappa shape index (κ3) is 4.49. The van der Waals surface area contributed by atoms with Crippen LogP contribution in [0.15, 0.2) is 34.7 Å². The molecule has 152 valence electrons. The number of fused-ring (bicyclic) bond motifs is 2. The number of ether oxygens (including phenoxy) is 2. The lowest BCUT2D eigenvalue weighted by Crippen LogP contribution is -2.18. The molecule has 8 heteroatoms. The molecule has 0 saturated carbocycles. The molecule has 0 bridgehead atoms. The number of Topliss-reactive ketones (excluding diaryl/α,β-unsaturated/α-hetero) is 1. The highest BCUT2D eigenvalue weighted by molar-refractivity contribution is 6.28. The fourth-order valence-corrected chi connectivity index (χ4v) is 2.83. The van der Waals surface area contributed by atoms with Gasteiger partial charge in [-0.1, -0.05) is 31.2 Å². The third-order valence-corrected chi connectivity index (χ3v) is 4.45. The highest BCUT2D eigenvalue weighted by atomic mass is 16.6. The summed E-state index contributed by atoms with van der Waals surface area (Å²) in [5.74, 6) is -2.83. The Labute approximate surface area is 166 Å². The molecule has 0 fully saturated rings. The lowest BCUT2D eigenvalue weighted by Gasteiger charge is -2.11. The molecule has 0 amide bonds. The summed E-state index contributed by atoms with van der Waals surface area (Å²) in [6, 6.07) is 7.51. The maximum atomic E-state index is 12.5. The van der Waals surface area contributed by atoms with Gasteiger partial charge < -0.3 is 19.0 Å². The van der Waals surface area contributed by atoms with E-state index in [9.17, 15) is 24.3 Å². The molecule has 1 aliphatic carbocycles. The first-order chi connectivity index (χ1) is 13.9. The average Bonchev–Trinajstić information content (AvgIpc) is 3.17. The molecule has 1 unspecified atom stereocenters. The summed E-state index contributed by atoms with van der Waals surface area (Å²) in [4.78, 5) is 49.1. The lowest BCUT2D eigenvalue weighted by atomic mass is 9.88. The summed E-state index contributed by atoms with van der Waals surface area (Å²) in [6.45, 7) is 1.97. The van der Waals surface area contributed by atoms with Crippen molar-refractivity contribution in [3.63, 3.8) is 0 Å². The fraction of sp³-hybridized carbons (Fsp3) is 0.333. The molecule has 1 aliphatic rings. The average molecular weight is 400 g/mol. The van der Waals surface area contributed by atoms with E-state index in [-0.39, 0.29) is 48.0 Å². The molecule has 1 N–H and O–H groups in total. The number of hydrogen-bond donors (Lipinski definition) is 1. The molecule has 0 aliphatic heterocycles. The van der Waals surface area contributed by atoms with E-state index >= 15 is 0 Å². The highest BCUT2D eigenvalue weighted by Gasteiger charge is 2.34. The normalized spacial score (nSPS) is 13.6. The number of ketones is 3. The van der Waals surface area contributed by atoms with Gasteiger partial charge in [0.05, 0.1) is 24.9 Å². The van der Waals surface area contributed by atoms with Gasteiger partial charge in [-0.2, -0.15) is 0 Å². The summed E-state index contributed by atoms with van der Waals surface area (Å²) in [6.07, 6.45) is -0.620. The van der Waals surface area contributed by atoms with Gasteiger partial charge in [0.1, 0.15) is 13.0 Å². The van der Waals surface area contributed by atoms with E-state index in [4.69, 9.17) is 13.9 Å². The van der Waals surface area contributed by atoms with Crippen molar-refractivity contribution in [2.45, 2.75) is 25.9 Å². The minimum absolute atomic E-state index is 0.00768. The maximum Gasteiger partial charge on any atom is 0.313 e. The predicted molar refractivity (Wildman–Crippen MR) is 99.0 cm³/mol. The van der Waals surface area contributed by atoms with Crippen LogP contribution in [-0.4, -0.2) is 54.4 Å². The summed E-state index contributed by atoms with van der Waals surface area (Å²) in [7, 11) is 0. The van der Waals surface area contributed by atoms with Gasteiger partial charge in [-0.15, -0.1) is 0 Å². The smallest absolute Gasteiger partial charge is 0.313 e. The van der Waals surface area contributed by atoms with Crippen LogP contribution in [0.3, 0.4) is 0 Å². The van der Waals surface area contributed by atoms with Crippen LogP contribution in [0.1, 0.15) is 62.4 Å². The van der Waals surface area contributed by atoms with E-state index in [0.717, 1.165) is 0 Å². The van der Waals surface area contributed by atoms with Crippen LogP contribution in [0.5, 0.6) is 0 Å². The molecule has 0 radical (unpaired) electrons. The van der Waals surface area contributed by atoms with Crippen LogP contribution in [-0.2, 0) is 14.3 Å². The number of hydrogen-bond acceptors (Lipinski definition) is 8. The van der Waals surface area contributed by atoms with Crippen LogP contribution in [0.2, 0.25) is 0 Å². The van der Waals surface area contributed by atoms with Crippen molar-refractivity contribution in [3.05, 3.63) is 58.5 Å². The fourth-order valence-electron chi connectivity index (χ4n) is 2.83. The Morgan fingerprint density at radius 2 is 1.76 bits per heavy atom. The first-order valence-corrected chi connectivity index (χ1v) is 9.19. The number of esters is 1. The number of carbonyl (C=O) groups excluding carboxylic acids is 4. The van der Waals surface area contributed by atoms with Crippen LogP contribution in [0, 0.1) is 0 Å². The topological polar surface area (TPSA) is 120 Å². The van der Waals surface area contributed by atoms with Crippen molar-refractivity contribution in [2.24, 2.45) is 0 Å². The standard InChI is InChI=1S/C21H20O8/c1-2-12(22)11-27-7-8-28-18(24)10-16(23)17-9-15-19(25)13-5-3-4-6-14(13)20(26)21(15)29-17/h3-6,9,12,22H,2,7-8,10-11H2,1H3. The molecule has 1 aromatic carbocycles. The Morgan fingerprint density at radius 1 is 1.07 bits per heavy atom. The molecule has 1 aromatic heterocycles. The van der Waals surface area contributed by atoms with Gasteiger partial charge in [0.15, 0.2) is 17.3 Å². The number of aliphatic hydroxyl groups excluding tert-OH is 1. The van der Waals surface area contributed by atoms with Crippen LogP contribution in [0.4, 0.5) is 0 Å². The number of benzene rings is 1. The van der Waals surface area contributed by atoms with E-state index in [1.165, 1.54) is 18.2 Å². The van der Waals surface area contributed by atoms with Gasteiger partial charge in [-0.3, -0.25) is 19.2 Å². The Morgan fingerprint density at radius 3 is 2.45 bits per heavy atom. The Kier molecular flexibility index (Phi) is 6.36. The van der Waals surface area contributed by atoms with Gasteiger partial charge in [-0.25, -0.2) is 0 Å². The van der Waals surface area contributed by atoms with Gasteiger partial charge >= 0.3 is 5.97 Å². The maximum absolute atomic E-state index is 12.5. The Balaban J connectivity index is 1.58. The summed E-state index contributed by atoms with van der Waals surface area (Å²) in [5, 5.41) is 9.34. The molecule has 1 atom stereocenters. The zero-order chi connectivity index (χ0) is 21.0. The quantitative estimate of drug-likeness (QED) is 0.250. The van der Waals surface area contributed by atoms with E-state index in [1.54, 1.807) is 12.1 Å². The molecule has 8 nitrogen and oxygen atoms in total. The molecular formula is C21H20O8. The van der Waals surface area contributed by atoms with Gasteiger partial charge in [0, 0.05) is 11.1 Å². The minimum Gasteiger partial charge on any atom is -0.463 e. The number of rotatable bonds is 9. The Hall–Kier alpha value is -3.10. The summed E-state index contributed by atoms with van der Waals surface area (Å²) in [5.41, 5.74) is 0.469. The molecule has 0 spiro atoms. The van der Waals surface area contributed by atoms with Crippen molar-refractivity contribution < 1.29 is 38.2 Å². The second-order valence-corrected chi connectivity index (χ2v) is 6.51. The molecule has 3 rings (SSSR count). The second kappa shape index (κ2) is 8.93.